The largest absolute Gasteiger partial charge is 0.492 e. The van der Waals surface area contributed by atoms with Crippen LogP contribution in [0.4, 0.5) is 0 Å². The molecule has 1 aromatic carbocycles. The molecule has 0 aliphatic carbocycles. The average molecular weight is 269 g/mol. The molecule has 0 bridgehead atoms. The third kappa shape index (κ3) is 4.16. The summed E-state index contributed by atoms with van der Waals surface area (Å²) < 4.78 is 5.70. The molecule has 1 aliphatic rings. The highest BCUT2D eigenvalue weighted by Gasteiger charge is 2.14. The monoisotopic (exact) mass is 268 g/mol. The van der Waals surface area contributed by atoms with E-state index in [4.69, 9.17) is 16.3 Å². The molecule has 1 fully saturated rings. The number of ether oxygens (including phenoxy) is 1. The molecule has 0 unspecified atom stereocenters. The molecule has 0 N–H and O–H groups in total. The van der Waals surface area contributed by atoms with Gasteiger partial charge in [-0.2, -0.15) is 0 Å². The molecule has 1 heterocycles. The molecule has 0 saturated carbocycles. The summed E-state index contributed by atoms with van der Waals surface area (Å²) in [4.78, 5) is 4.94. The maximum Gasteiger partial charge on any atom is 0.120 e. The van der Waals surface area contributed by atoms with Crippen LogP contribution in [0.25, 0.3) is 0 Å². The molecule has 4 heteroatoms. The maximum absolute atomic E-state index is 5.91. The van der Waals surface area contributed by atoms with E-state index in [-0.39, 0.29) is 0 Å². The van der Waals surface area contributed by atoms with Crippen LogP contribution < -0.4 is 4.74 Å². The van der Waals surface area contributed by atoms with Gasteiger partial charge in [0.15, 0.2) is 0 Å². The van der Waals surface area contributed by atoms with E-state index in [1.165, 1.54) is 13.1 Å². The summed E-state index contributed by atoms with van der Waals surface area (Å²) in [6.07, 6.45) is 0. The summed E-state index contributed by atoms with van der Waals surface area (Å²) >= 11 is 5.91. The maximum atomic E-state index is 5.91. The Morgan fingerprint density at radius 1 is 1.17 bits per heavy atom. The molecule has 1 aromatic rings. The molecule has 3 nitrogen and oxygen atoms in total. The van der Waals surface area contributed by atoms with E-state index < -0.39 is 0 Å². The minimum absolute atomic E-state index is 0.726. The van der Waals surface area contributed by atoms with E-state index >= 15 is 0 Å². The summed E-state index contributed by atoms with van der Waals surface area (Å²) in [5, 5.41) is 0.726. The number of piperazine rings is 1. The van der Waals surface area contributed by atoms with Crippen LogP contribution in [-0.2, 0) is 0 Å². The molecular formula is C14H21ClN2O. The van der Waals surface area contributed by atoms with Gasteiger partial charge in [-0.25, -0.2) is 0 Å². The molecule has 0 spiro atoms. The molecule has 1 saturated heterocycles. The smallest absolute Gasteiger partial charge is 0.120 e. The fourth-order valence-corrected chi connectivity index (χ4v) is 2.36. The Balaban J connectivity index is 1.67. The molecule has 1 aliphatic heterocycles. The molecule has 0 aromatic heterocycles. The fraction of sp³-hybridized carbons (Fsp3) is 0.571. The van der Waals surface area contributed by atoms with E-state index in [1.54, 1.807) is 0 Å². The van der Waals surface area contributed by atoms with Gasteiger partial charge in [-0.3, -0.25) is 4.90 Å². The highest BCUT2D eigenvalue weighted by molar-refractivity contribution is 6.30. The number of hydrogen-bond acceptors (Lipinski definition) is 3. The van der Waals surface area contributed by atoms with Crippen molar-refractivity contribution in [3.8, 4) is 5.75 Å². The van der Waals surface area contributed by atoms with Gasteiger partial charge < -0.3 is 9.64 Å². The van der Waals surface area contributed by atoms with Gasteiger partial charge in [0.05, 0.1) is 0 Å². The molecule has 0 atom stereocenters. The molecule has 0 amide bonds. The minimum atomic E-state index is 0.726. The summed E-state index contributed by atoms with van der Waals surface area (Å²) in [5.41, 5.74) is 0. The van der Waals surface area contributed by atoms with Crippen LogP contribution in [0.5, 0.6) is 5.75 Å². The van der Waals surface area contributed by atoms with Crippen molar-refractivity contribution in [1.29, 1.82) is 0 Å². The number of benzene rings is 1. The van der Waals surface area contributed by atoms with Gasteiger partial charge in [-0.15, -0.1) is 0 Å². The zero-order valence-electron chi connectivity index (χ0n) is 10.9. The molecular weight excluding hydrogens is 248 g/mol. The quantitative estimate of drug-likeness (QED) is 0.815. The van der Waals surface area contributed by atoms with Gasteiger partial charge in [0, 0.05) is 37.7 Å². The Morgan fingerprint density at radius 3 is 2.56 bits per heavy atom. The van der Waals surface area contributed by atoms with E-state index in [1.807, 2.05) is 24.3 Å². The van der Waals surface area contributed by atoms with Crippen molar-refractivity contribution < 1.29 is 4.74 Å². The molecule has 0 radical (unpaired) electrons. The lowest BCUT2D eigenvalue weighted by molar-refractivity contribution is 0.121. The zero-order chi connectivity index (χ0) is 12.8. The van der Waals surface area contributed by atoms with E-state index in [0.717, 1.165) is 43.6 Å². The lowest BCUT2D eigenvalue weighted by Gasteiger charge is -2.33. The first kappa shape index (κ1) is 13.7. The van der Waals surface area contributed by atoms with E-state index in [9.17, 15) is 0 Å². The van der Waals surface area contributed by atoms with Crippen molar-refractivity contribution in [2.24, 2.45) is 0 Å². The highest BCUT2D eigenvalue weighted by Crippen LogP contribution is 2.16. The van der Waals surface area contributed by atoms with Crippen molar-refractivity contribution in [3.05, 3.63) is 29.3 Å². The summed E-state index contributed by atoms with van der Waals surface area (Å²) in [5.74, 6) is 0.856. The van der Waals surface area contributed by atoms with E-state index in [0.29, 0.717) is 0 Å². The number of halogens is 1. The van der Waals surface area contributed by atoms with Crippen LogP contribution in [0.1, 0.15) is 6.92 Å². The van der Waals surface area contributed by atoms with Crippen molar-refractivity contribution in [2.75, 3.05) is 45.9 Å². The van der Waals surface area contributed by atoms with Crippen LogP contribution in [-0.4, -0.2) is 55.7 Å². The van der Waals surface area contributed by atoms with Crippen LogP contribution >= 0.6 is 11.6 Å². The van der Waals surface area contributed by atoms with Crippen molar-refractivity contribution in [2.45, 2.75) is 6.92 Å². The molecule has 18 heavy (non-hydrogen) atoms. The Kier molecular flexibility index (Phi) is 5.29. The standard InChI is InChI=1S/C14H21ClN2O/c1-2-16-6-8-17(9-7-16)10-11-18-14-5-3-4-13(15)12-14/h3-5,12H,2,6-11H2,1H3. The zero-order valence-corrected chi connectivity index (χ0v) is 11.7. The first-order chi connectivity index (χ1) is 8.78. The Labute approximate surface area is 114 Å². The molecule has 100 valence electrons. The Hall–Kier alpha value is -0.770. The third-order valence-electron chi connectivity index (χ3n) is 3.38. The number of rotatable bonds is 5. The average Bonchev–Trinajstić information content (AvgIpc) is 2.40. The number of likely N-dealkylation sites (N-methyl/N-ethyl adjacent to an activating group) is 1. The van der Waals surface area contributed by atoms with Gasteiger partial charge in [0.1, 0.15) is 12.4 Å². The van der Waals surface area contributed by atoms with Gasteiger partial charge in [0.25, 0.3) is 0 Å². The second kappa shape index (κ2) is 6.98. The Bertz CT molecular complexity index is 365. The SMILES string of the molecule is CCN1CCN(CCOc2cccc(Cl)c2)CC1. The predicted octanol–water partition coefficient (Wildman–Crippen LogP) is 2.36. The predicted molar refractivity (Wildman–Crippen MR) is 75.5 cm³/mol. The normalized spacial score (nSPS) is 17.9. The number of nitrogens with zero attached hydrogens (tertiary/aromatic N) is 2. The minimum Gasteiger partial charge on any atom is -0.492 e. The topological polar surface area (TPSA) is 15.7 Å². The summed E-state index contributed by atoms with van der Waals surface area (Å²) in [6.45, 7) is 9.74. The lowest BCUT2D eigenvalue weighted by atomic mass is 10.3. The fourth-order valence-electron chi connectivity index (χ4n) is 2.18. The lowest BCUT2D eigenvalue weighted by Crippen LogP contribution is -2.47. The highest BCUT2D eigenvalue weighted by atomic mass is 35.5. The van der Waals surface area contributed by atoms with Gasteiger partial charge in [-0.05, 0) is 24.7 Å². The first-order valence-corrected chi connectivity index (χ1v) is 6.99. The summed E-state index contributed by atoms with van der Waals surface area (Å²) in [7, 11) is 0. The van der Waals surface area contributed by atoms with Crippen molar-refractivity contribution >= 4 is 11.6 Å². The van der Waals surface area contributed by atoms with Gasteiger partial charge >= 0.3 is 0 Å². The second-order valence-electron chi connectivity index (χ2n) is 4.58. The summed E-state index contributed by atoms with van der Waals surface area (Å²) in [6, 6.07) is 7.58. The molecule has 2 rings (SSSR count). The second-order valence-corrected chi connectivity index (χ2v) is 5.02. The van der Waals surface area contributed by atoms with Crippen LogP contribution in [0.15, 0.2) is 24.3 Å². The Morgan fingerprint density at radius 2 is 1.89 bits per heavy atom. The van der Waals surface area contributed by atoms with Crippen LogP contribution in [0.2, 0.25) is 5.02 Å². The van der Waals surface area contributed by atoms with Crippen LogP contribution in [0.3, 0.4) is 0 Å². The van der Waals surface area contributed by atoms with Crippen molar-refractivity contribution in [1.82, 2.24) is 9.80 Å². The van der Waals surface area contributed by atoms with Crippen LogP contribution in [0, 0.1) is 0 Å². The first-order valence-electron chi connectivity index (χ1n) is 6.61. The third-order valence-corrected chi connectivity index (χ3v) is 3.62. The van der Waals surface area contributed by atoms with E-state index in [2.05, 4.69) is 16.7 Å². The van der Waals surface area contributed by atoms with Gasteiger partial charge in [0.2, 0.25) is 0 Å². The van der Waals surface area contributed by atoms with Gasteiger partial charge in [-0.1, -0.05) is 24.6 Å². The van der Waals surface area contributed by atoms with Crippen molar-refractivity contribution in [3.63, 3.8) is 0 Å². The number of hydrogen-bond donors (Lipinski definition) is 0.